The number of aromatic nitrogens is 3. The van der Waals surface area contributed by atoms with E-state index in [1.54, 1.807) is 7.11 Å². The molecule has 0 bridgehead atoms. The largest absolute Gasteiger partial charge is 0.466 e. The number of amides is 1. The average molecular weight is 214 g/mol. The molecule has 0 aromatic carbocycles. The first-order valence-electron chi connectivity index (χ1n) is 4.51. The highest BCUT2D eigenvalue weighted by Crippen LogP contribution is 2.05. The Morgan fingerprint density at radius 1 is 1.53 bits per heavy atom. The number of ether oxygens (including phenoxy) is 2. The molecule has 0 radical (unpaired) electrons. The molecule has 1 rings (SSSR count). The van der Waals surface area contributed by atoms with E-state index in [1.165, 1.54) is 7.11 Å². The lowest BCUT2D eigenvalue weighted by Gasteiger charge is -2.00. The van der Waals surface area contributed by atoms with Gasteiger partial charge in [-0.25, -0.2) is 5.10 Å². The Kier molecular flexibility index (Phi) is 4.55. The van der Waals surface area contributed by atoms with Crippen LogP contribution in [0.25, 0.3) is 0 Å². The number of aromatic amines is 1. The first kappa shape index (κ1) is 11.4. The van der Waals surface area contributed by atoms with Crippen molar-refractivity contribution >= 4 is 11.9 Å². The Bertz CT molecular complexity index is 313. The molecule has 0 atom stereocenters. The number of H-pyrrole nitrogens is 1. The molecular weight excluding hydrogens is 200 g/mol. The Balaban J connectivity index is 2.31. The summed E-state index contributed by atoms with van der Waals surface area (Å²) < 4.78 is 9.58. The molecule has 1 aromatic heterocycles. The van der Waals surface area contributed by atoms with Crippen LogP contribution in [0.4, 0.5) is 5.95 Å². The molecule has 0 fully saturated rings. The van der Waals surface area contributed by atoms with Gasteiger partial charge >= 0.3 is 6.01 Å². The molecule has 15 heavy (non-hydrogen) atoms. The Morgan fingerprint density at radius 3 is 2.93 bits per heavy atom. The van der Waals surface area contributed by atoms with E-state index >= 15 is 0 Å². The number of hydrogen-bond acceptors (Lipinski definition) is 5. The summed E-state index contributed by atoms with van der Waals surface area (Å²) in [7, 11) is 3.05. The van der Waals surface area contributed by atoms with Crippen LogP contribution in [0.3, 0.4) is 0 Å². The molecule has 1 amide bonds. The molecule has 0 saturated carbocycles. The van der Waals surface area contributed by atoms with Crippen LogP contribution in [0.15, 0.2) is 0 Å². The second kappa shape index (κ2) is 5.97. The first-order valence-corrected chi connectivity index (χ1v) is 4.51. The number of anilines is 1. The second-order valence-corrected chi connectivity index (χ2v) is 2.82. The average Bonchev–Trinajstić information content (AvgIpc) is 2.66. The van der Waals surface area contributed by atoms with Gasteiger partial charge in [-0.1, -0.05) is 0 Å². The van der Waals surface area contributed by atoms with Crippen molar-refractivity contribution in [3.8, 4) is 6.01 Å². The van der Waals surface area contributed by atoms with E-state index in [0.29, 0.717) is 19.4 Å². The van der Waals surface area contributed by atoms with E-state index in [-0.39, 0.29) is 17.9 Å². The van der Waals surface area contributed by atoms with Crippen LogP contribution in [0, 0.1) is 0 Å². The normalized spacial score (nSPS) is 10.0. The van der Waals surface area contributed by atoms with Gasteiger partial charge in [0.1, 0.15) is 0 Å². The molecule has 0 aliphatic carbocycles. The Morgan fingerprint density at radius 2 is 2.33 bits per heavy atom. The summed E-state index contributed by atoms with van der Waals surface area (Å²) in [6.45, 7) is 0.563. The van der Waals surface area contributed by atoms with Crippen LogP contribution in [-0.4, -0.2) is 41.9 Å². The summed E-state index contributed by atoms with van der Waals surface area (Å²) in [5.41, 5.74) is 0. The molecule has 0 spiro atoms. The van der Waals surface area contributed by atoms with Gasteiger partial charge in [0, 0.05) is 20.1 Å². The van der Waals surface area contributed by atoms with Crippen molar-refractivity contribution in [1.29, 1.82) is 0 Å². The van der Waals surface area contributed by atoms with E-state index in [4.69, 9.17) is 9.47 Å². The van der Waals surface area contributed by atoms with E-state index in [9.17, 15) is 4.79 Å². The van der Waals surface area contributed by atoms with Crippen molar-refractivity contribution < 1.29 is 14.3 Å². The van der Waals surface area contributed by atoms with Crippen LogP contribution >= 0.6 is 0 Å². The fourth-order valence-electron chi connectivity index (χ4n) is 0.965. The number of rotatable bonds is 6. The third kappa shape index (κ3) is 3.94. The predicted octanol–water partition coefficient (Wildman–Crippen LogP) is 0.178. The van der Waals surface area contributed by atoms with Crippen LogP contribution in [0.5, 0.6) is 6.01 Å². The van der Waals surface area contributed by atoms with Crippen LogP contribution in [-0.2, 0) is 9.53 Å². The van der Waals surface area contributed by atoms with Crippen molar-refractivity contribution in [2.24, 2.45) is 0 Å². The van der Waals surface area contributed by atoms with Crippen LogP contribution < -0.4 is 10.1 Å². The standard InChI is InChI=1S/C8H14N4O3/c1-14-5-3-4-6(13)9-7-10-8(15-2)12-11-7/h3-5H2,1-2H3,(H2,9,10,11,12,13). The quantitative estimate of drug-likeness (QED) is 0.659. The summed E-state index contributed by atoms with van der Waals surface area (Å²) in [5.74, 6) is 0.153. The number of carbonyl (C=O) groups excluding carboxylic acids is 1. The Labute approximate surface area is 87.2 Å². The summed E-state index contributed by atoms with van der Waals surface area (Å²) in [6.07, 6.45) is 1.06. The highest BCUT2D eigenvalue weighted by atomic mass is 16.5. The minimum Gasteiger partial charge on any atom is -0.466 e. The molecule has 0 aliphatic rings. The molecule has 7 nitrogen and oxygen atoms in total. The fourth-order valence-corrected chi connectivity index (χ4v) is 0.965. The van der Waals surface area contributed by atoms with Gasteiger partial charge in [0.2, 0.25) is 11.9 Å². The van der Waals surface area contributed by atoms with Crippen molar-refractivity contribution in [3.05, 3.63) is 0 Å². The number of nitrogens with one attached hydrogen (secondary N) is 2. The summed E-state index contributed by atoms with van der Waals surface area (Å²) in [5, 5.41) is 8.77. The number of nitrogens with zero attached hydrogens (tertiary/aromatic N) is 2. The molecule has 0 unspecified atom stereocenters. The highest BCUT2D eigenvalue weighted by Gasteiger charge is 2.06. The van der Waals surface area contributed by atoms with E-state index < -0.39 is 0 Å². The van der Waals surface area contributed by atoms with Gasteiger partial charge in [-0.05, 0) is 6.42 Å². The third-order valence-electron chi connectivity index (χ3n) is 1.66. The van der Waals surface area contributed by atoms with Gasteiger partial charge in [-0.15, -0.1) is 5.10 Å². The van der Waals surface area contributed by atoms with Gasteiger partial charge < -0.3 is 9.47 Å². The first-order chi connectivity index (χ1) is 7.26. The van der Waals surface area contributed by atoms with Gasteiger partial charge in [-0.3, -0.25) is 10.1 Å². The predicted molar refractivity (Wildman–Crippen MR) is 52.7 cm³/mol. The minimum absolute atomic E-state index is 0.133. The zero-order valence-electron chi connectivity index (χ0n) is 8.74. The molecule has 84 valence electrons. The smallest absolute Gasteiger partial charge is 0.336 e. The summed E-state index contributed by atoms with van der Waals surface area (Å²) in [6, 6.07) is 0.196. The second-order valence-electron chi connectivity index (χ2n) is 2.82. The van der Waals surface area contributed by atoms with Gasteiger partial charge in [0.05, 0.1) is 7.11 Å². The van der Waals surface area contributed by atoms with Crippen molar-refractivity contribution in [2.45, 2.75) is 12.8 Å². The zero-order valence-corrected chi connectivity index (χ0v) is 8.74. The van der Waals surface area contributed by atoms with Gasteiger partial charge in [-0.2, -0.15) is 4.98 Å². The van der Waals surface area contributed by atoms with E-state index in [0.717, 1.165) is 0 Å². The van der Waals surface area contributed by atoms with Crippen LogP contribution in [0.1, 0.15) is 12.8 Å². The zero-order chi connectivity index (χ0) is 11.1. The maximum atomic E-state index is 11.3. The minimum atomic E-state index is -0.133. The van der Waals surface area contributed by atoms with Crippen molar-refractivity contribution in [2.75, 3.05) is 26.1 Å². The highest BCUT2D eigenvalue weighted by molar-refractivity contribution is 5.88. The molecule has 2 N–H and O–H groups in total. The number of methoxy groups -OCH3 is 2. The molecule has 0 aliphatic heterocycles. The fraction of sp³-hybridized carbons (Fsp3) is 0.625. The molecule has 1 heterocycles. The van der Waals surface area contributed by atoms with E-state index in [2.05, 4.69) is 20.5 Å². The summed E-state index contributed by atoms with van der Waals surface area (Å²) in [4.78, 5) is 15.1. The number of hydrogen-bond donors (Lipinski definition) is 2. The van der Waals surface area contributed by atoms with E-state index in [1.807, 2.05) is 0 Å². The Hall–Kier alpha value is -1.63. The molecular formula is C8H14N4O3. The lowest BCUT2D eigenvalue weighted by Crippen LogP contribution is -2.13. The SMILES string of the molecule is COCCCC(=O)Nc1nc(OC)n[nH]1. The third-order valence-corrected chi connectivity index (χ3v) is 1.66. The van der Waals surface area contributed by atoms with Crippen LogP contribution in [0.2, 0.25) is 0 Å². The molecule has 0 saturated heterocycles. The summed E-state index contributed by atoms with van der Waals surface area (Å²) >= 11 is 0. The van der Waals surface area contributed by atoms with Gasteiger partial charge in [0.25, 0.3) is 0 Å². The van der Waals surface area contributed by atoms with Crippen molar-refractivity contribution in [1.82, 2.24) is 15.2 Å². The van der Waals surface area contributed by atoms with Gasteiger partial charge in [0.15, 0.2) is 0 Å². The maximum absolute atomic E-state index is 11.3. The maximum Gasteiger partial charge on any atom is 0.336 e. The molecule has 1 aromatic rings. The van der Waals surface area contributed by atoms with Crippen molar-refractivity contribution in [3.63, 3.8) is 0 Å². The topological polar surface area (TPSA) is 89.1 Å². The molecule has 7 heteroatoms. The number of carbonyl (C=O) groups is 1. The lowest BCUT2D eigenvalue weighted by atomic mass is 10.3. The lowest BCUT2D eigenvalue weighted by molar-refractivity contribution is -0.116. The monoisotopic (exact) mass is 214 g/mol.